The van der Waals surface area contributed by atoms with Gasteiger partial charge in [-0.1, -0.05) is 27.5 Å². The lowest BCUT2D eigenvalue weighted by atomic mass is 10.1. The molecule has 5 heteroatoms. The predicted octanol–water partition coefficient (Wildman–Crippen LogP) is 4.16. The number of nitrogens with two attached hydrogens (primary N) is 1. The van der Waals surface area contributed by atoms with Gasteiger partial charge >= 0.3 is 0 Å². The van der Waals surface area contributed by atoms with Gasteiger partial charge < -0.3 is 14.9 Å². The Bertz CT molecular complexity index is 514. The number of hydrogen-bond acceptors (Lipinski definition) is 3. The summed E-state index contributed by atoms with van der Waals surface area (Å²) in [6, 6.07) is 8.84. The molecule has 0 fully saturated rings. The molecule has 2 unspecified atom stereocenters. The summed E-state index contributed by atoms with van der Waals surface area (Å²) < 4.78 is 12.1. The van der Waals surface area contributed by atoms with E-state index in [9.17, 15) is 0 Å². The van der Waals surface area contributed by atoms with Crippen molar-refractivity contribution in [2.24, 2.45) is 5.73 Å². The summed E-state index contributed by atoms with van der Waals surface area (Å²) in [4.78, 5) is 0. The lowest BCUT2D eigenvalue weighted by Crippen LogP contribution is -2.28. The zero-order valence-electron chi connectivity index (χ0n) is 9.77. The molecule has 2 aromatic rings. The van der Waals surface area contributed by atoms with E-state index >= 15 is 0 Å². The normalized spacial score (nSPS) is 14.2. The van der Waals surface area contributed by atoms with Crippen LogP contribution in [0.3, 0.4) is 0 Å². The van der Waals surface area contributed by atoms with Crippen molar-refractivity contribution in [1.29, 1.82) is 0 Å². The van der Waals surface area contributed by atoms with Gasteiger partial charge in [-0.3, -0.25) is 0 Å². The molecule has 0 aliphatic heterocycles. The Hall–Kier alpha value is -0.970. The molecule has 0 radical (unpaired) electrons. The van der Waals surface area contributed by atoms with Gasteiger partial charge in [0.25, 0.3) is 0 Å². The maximum atomic E-state index is 6.09. The zero-order chi connectivity index (χ0) is 13.1. The van der Waals surface area contributed by atoms with Crippen LogP contribution in [-0.2, 0) is 0 Å². The molecule has 2 N–H and O–H groups in total. The topological polar surface area (TPSA) is 48.4 Å². The molecule has 0 aliphatic carbocycles. The second-order valence-corrected chi connectivity index (χ2v) is 5.31. The van der Waals surface area contributed by atoms with Crippen LogP contribution >= 0.6 is 27.5 Å². The lowest BCUT2D eigenvalue weighted by Gasteiger charge is -2.21. The van der Waals surface area contributed by atoms with Crippen LogP contribution in [0.15, 0.2) is 45.5 Å². The Morgan fingerprint density at radius 3 is 2.78 bits per heavy atom. The van der Waals surface area contributed by atoms with Crippen molar-refractivity contribution in [1.82, 2.24) is 0 Å². The second kappa shape index (κ2) is 5.78. The quantitative estimate of drug-likeness (QED) is 0.915. The van der Waals surface area contributed by atoms with Gasteiger partial charge in [0, 0.05) is 10.5 Å². The van der Waals surface area contributed by atoms with Crippen molar-refractivity contribution in [3.63, 3.8) is 0 Å². The third-order valence-corrected chi connectivity index (χ3v) is 3.25. The zero-order valence-corrected chi connectivity index (χ0v) is 12.1. The van der Waals surface area contributed by atoms with Crippen molar-refractivity contribution in [2.45, 2.75) is 19.1 Å². The summed E-state index contributed by atoms with van der Waals surface area (Å²) in [5, 5.41) is 0.537. The molecule has 96 valence electrons. The van der Waals surface area contributed by atoms with E-state index in [2.05, 4.69) is 15.9 Å². The molecule has 1 aromatic carbocycles. The Balaban J connectivity index is 2.27. The van der Waals surface area contributed by atoms with E-state index in [1.807, 2.05) is 19.1 Å². The van der Waals surface area contributed by atoms with E-state index in [1.54, 1.807) is 24.5 Å². The molecular weight excluding hydrogens is 318 g/mol. The fourth-order valence-corrected chi connectivity index (χ4v) is 2.08. The van der Waals surface area contributed by atoms with Crippen LogP contribution in [0, 0.1) is 0 Å². The van der Waals surface area contributed by atoms with Gasteiger partial charge in [0.15, 0.2) is 6.10 Å². The number of halogens is 2. The highest BCUT2D eigenvalue weighted by Gasteiger charge is 2.22. The molecule has 0 bridgehead atoms. The van der Waals surface area contributed by atoms with Crippen molar-refractivity contribution in [3.05, 3.63) is 51.9 Å². The van der Waals surface area contributed by atoms with E-state index in [4.69, 9.17) is 26.5 Å². The first kappa shape index (κ1) is 13.5. The van der Waals surface area contributed by atoms with Crippen molar-refractivity contribution in [3.8, 4) is 5.75 Å². The smallest absolute Gasteiger partial charge is 0.171 e. The van der Waals surface area contributed by atoms with Crippen LogP contribution in [0.2, 0.25) is 5.02 Å². The summed E-state index contributed by atoms with van der Waals surface area (Å²) in [5.74, 6) is 1.26. The number of rotatable bonds is 4. The highest BCUT2D eigenvalue weighted by atomic mass is 79.9. The second-order valence-electron chi connectivity index (χ2n) is 3.99. The van der Waals surface area contributed by atoms with Crippen molar-refractivity contribution < 1.29 is 9.15 Å². The van der Waals surface area contributed by atoms with Gasteiger partial charge in [0.05, 0.1) is 11.3 Å². The van der Waals surface area contributed by atoms with Gasteiger partial charge in [-0.05, 0) is 37.3 Å². The SMILES string of the molecule is CC(N)C(Oc1cc(Br)ccc1Cl)c1ccco1. The Labute approximate surface area is 119 Å². The molecule has 1 aromatic heterocycles. The summed E-state index contributed by atoms with van der Waals surface area (Å²) in [6.07, 6.45) is 1.23. The van der Waals surface area contributed by atoms with E-state index in [-0.39, 0.29) is 12.1 Å². The van der Waals surface area contributed by atoms with Crippen molar-refractivity contribution >= 4 is 27.5 Å². The van der Waals surface area contributed by atoms with Gasteiger partial charge in [-0.15, -0.1) is 0 Å². The maximum Gasteiger partial charge on any atom is 0.171 e. The fourth-order valence-electron chi connectivity index (χ4n) is 1.58. The summed E-state index contributed by atoms with van der Waals surface area (Å²) >= 11 is 9.47. The van der Waals surface area contributed by atoms with Crippen LogP contribution in [-0.4, -0.2) is 6.04 Å². The molecule has 0 saturated heterocycles. The largest absolute Gasteiger partial charge is 0.479 e. The molecule has 0 amide bonds. The first-order valence-corrected chi connectivity index (χ1v) is 6.65. The van der Waals surface area contributed by atoms with Crippen molar-refractivity contribution in [2.75, 3.05) is 0 Å². The van der Waals surface area contributed by atoms with E-state index < -0.39 is 0 Å². The third-order valence-electron chi connectivity index (χ3n) is 2.45. The van der Waals surface area contributed by atoms with Gasteiger partial charge in [-0.2, -0.15) is 0 Å². The molecular formula is C13H13BrClNO2. The molecule has 1 heterocycles. The predicted molar refractivity (Wildman–Crippen MR) is 74.9 cm³/mol. The van der Waals surface area contributed by atoms with Gasteiger partial charge in [-0.25, -0.2) is 0 Å². The Morgan fingerprint density at radius 2 is 2.17 bits per heavy atom. The molecule has 2 atom stereocenters. The number of hydrogen-bond donors (Lipinski definition) is 1. The first-order chi connectivity index (χ1) is 8.58. The molecule has 3 nitrogen and oxygen atoms in total. The Kier molecular flexibility index (Phi) is 4.32. The van der Waals surface area contributed by atoms with Crippen LogP contribution in [0.1, 0.15) is 18.8 Å². The monoisotopic (exact) mass is 329 g/mol. The maximum absolute atomic E-state index is 6.09. The number of furan rings is 1. The molecule has 18 heavy (non-hydrogen) atoms. The Morgan fingerprint density at radius 1 is 1.39 bits per heavy atom. The highest BCUT2D eigenvalue weighted by Crippen LogP contribution is 2.32. The average Bonchev–Trinajstić information content (AvgIpc) is 2.83. The van der Waals surface area contributed by atoms with Crippen LogP contribution in [0.4, 0.5) is 0 Å². The standard InChI is InChI=1S/C13H13BrClNO2/c1-8(16)13(11-3-2-6-17-11)18-12-7-9(14)4-5-10(12)15/h2-8,13H,16H2,1H3. The molecule has 0 saturated carbocycles. The van der Waals surface area contributed by atoms with Gasteiger partial charge in [0.2, 0.25) is 0 Å². The number of benzene rings is 1. The molecule has 0 spiro atoms. The summed E-state index contributed by atoms with van der Waals surface area (Å²) in [6.45, 7) is 1.86. The van der Waals surface area contributed by atoms with E-state index in [0.29, 0.717) is 16.5 Å². The third kappa shape index (κ3) is 3.07. The van der Waals surface area contributed by atoms with E-state index in [1.165, 1.54) is 0 Å². The fraction of sp³-hybridized carbons (Fsp3) is 0.231. The van der Waals surface area contributed by atoms with E-state index in [0.717, 1.165) is 4.47 Å². The van der Waals surface area contributed by atoms with Crippen LogP contribution in [0.25, 0.3) is 0 Å². The molecule has 0 aliphatic rings. The summed E-state index contributed by atoms with van der Waals surface area (Å²) in [7, 11) is 0. The minimum absolute atomic E-state index is 0.216. The highest BCUT2D eigenvalue weighted by molar-refractivity contribution is 9.10. The average molecular weight is 331 g/mol. The summed E-state index contributed by atoms with van der Waals surface area (Å²) in [5.41, 5.74) is 5.92. The number of ether oxygens (including phenoxy) is 1. The minimum atomic E-state index is -0.369. The van der Waals surface area contributed by atoms with Crippen LogP contribution in [0.5, 0.6) is 5.75 Å². The first-order valence-electron chi connectivity index (χ1n) is 5.48. The lowest BCUT2D eigenvalue weighted by molar-refractivity contribution is 0.153. The van der Waals surface area contributed by atoms with Crippen LogP contribution < -0.4 is 10.5 Å². The molecule has 2 rings (SSSR count). The van der Waals surface area contributed by atoms with Gasteiger partial charge in [0.1, 0.15) is 11.5 Å². The minimum Gasteiger partial charge on any atom is -0.479 e.